The molecule has 0 spiro atoms. The molecule has 1 atom stereocenters. The number of carboxylic acid groups (broad SMARTS) is 1. The molecule has 19 heavy (non-hydrogen) atoms. The molecule has 0 rings (SSSR count). The SMILES string of the molecule is COCC(CNC(=O)OC(C)(C)C)(C(=O)O)C(C)C. The van der Waals surface area contributed by atoms with Gasteiger partial charge >= 0.3 is 12.1 Å². The molecule has 0 aliphatic rings. The van der Waals surface area contributed by atoms with E-state index < -0.39 is 23.1 Å². The average Bonchev–Trinajstić information content (AvgIpc) is 2.20. The maximum Gasteiger partial charge on any atom is 0.407 e. The predicted octanol–water partition coefficient (Wildman–Crippen LogP) is 1.88. The van der Waals surface area contributed by atoms with Crippen molar-refractivity contribution in [3.63, 3.8) is 0 Å². The van der Waals surface area contributed by atoms with Gasteiger partial charge in [-0.15, -0.1) is 0 Å². The van der Waals surface area contributed by atoms with E-state index >= 15 is 0 Å². The number of hydrogen-bond donors (Lipinski definition) is 2. The van der Waals surface area contributed by atoms with Crippen LogP contribution in [0, 0.1) is 11.3 Å². The fourth-order valence-corrected chi connectivity index (χ4v) is 1.61. The Morgan fingerprint density at radius 1 is 1.26 bits per heavy atom. The summed E-state index contributed by atoms with van der Waals surface area (Å²) in [5, 5.41) is 11.9. The topological polar surface area (TPSA) is 84.9 Å². The molecule has 0 aromatic rings. The Labute approximate surface area is 114 Å². The first-order valence-corrected chi connectivity index (χ1v) is 6.24. The van der Waals surface area contributed by atoms with Gasteiger partial charge in [0, 0.05) is 13.7 Å². The monoisotopic (exact) mass is 275 g/mol. The number of carboxylic acids is 1. The van der Waals surface area contributed by atoms with Gasteiger partial charge < -0.3 is 19.9 Å². The summed E-state index contributed by atoms with van der Waals surface area (Å²) in [6.45, 7) is 8.78. The van der Waals surface area contributed by atoms with Gasteiger partial charge in [-0.1, -0.05) is 13.8 Å². The second kappa shape index (κ2) is 6.75. The summed E-state index contributed by atoms with van der Waals surface area (Å²) < 4.78 is 10.1. The lowest BCUT2D eigenvalue weighted by Crippen LogP contribution is -2.50. The summed E-state index contributed by atoms with van der Waals surface area (Å²) in [4.78, 5) is 23.1. The zero-order valence-electron chi connectivity index (χ0n) is 12.6. The van der Waals surface area contributed by atoms with Crippen LogP contribution in [-0.4, -0.2) is 43.0 Å². The summed E-state index contributed by atoms with van der Waals surface area (Å²) in [5.41, 5.74) is -1.78. The highest BCUT2D eigenvalue weighted by atomic mass is 16.6. The molecule has 0 bridgehead atoms. The Morgan fingerprint density at radius 3 is 2.11 bits per heavy atom. The van der Waals surface area contributed by atoms with E-state index in [1.165, 1.54) is 7.11 Å². The van der Waals surface area contributed by atoms with Crippen LogP contribution < -0.4 is 5.32 Å². The van der Waals surface area contributed by atoms with Gasteiger partial charge in [0.1, 0.15) is 11.0 Å². The molecule has 0 saturated heterocycles. The molecule has 0 aliphatic heterocycles. The van der Waals surface area contributed by atoms with E-state index in [4.69, 9.17) is 9.47 Å². The molecular weight excluding hydrogens is 250 g/mol. The minimum absolute atomic E-state index is 0.0236. The summed E-state index contributed by atoms with van der Waals surface area (Å²) in [6, 6.07) is 0. The van der Waals surface area contributed by atoms with E-state index in [9.17, 15) is 14.7 Å². The van der Waals surface area contributed by atoms with Crippen molar-refractivity contribution in [3.8, 4) is 0 Å². The molecule has 1 unspecified atom stereocenters. The normalized spacial score (nSPS) is 14.9. The fourth-order valence-electron chi connectivity index (χ4n) is 1.61. The number of ether oxygens (including phenoxy) is 2. The Morgan fingerprint density at radius 2 is 1.79 bits per heavy atom. The molecule has 0 fully saturated rings. The molecule has 0 aromatic heterocycles. The number of alkyl carbamates (subject to hydrolysis) is 1. The maximum atomic E-state index is 11.6. The van der Waals surface area contributed by atoms with Gasteiger partial charge in [0.05, 0.1) is 6.61 Å². The first kappa shape index (κ1) is 17.7. The van der Waals surface area contributed by atoms with Gasteiger partial charge in [-0.2, -0.15) is 0 Å². The Kier molecular flexibility index (Phi) is 6.29. The first-order chi connectivity index (χ1) is 8.55. The Bertz CT molecular complexity index is 321. The highest BCUT2D eigenvalue weighted by Crippen LogP contribution is 2.28. The second-order valence-electron chi connectivity index (χ2n) is 5.90. The van der Waals surface area contributed by atoms with E-state index in [1.807, 2.05) is 0 Å². The number of aliphatic carboxylic acids is 1. The highest BCUT2D eigenvalue weighted by Gasteiger charge is 2.42. The van der Waals surface area contributed by atoms with Crippen molar-refractivity contribution >= 4 is 12.1 Å². The van der Waals surface area contributed by atoms with Crippen LogP contribution in [0.2, 0.25) is 0 Å². The molecule has 0 radical (unpaired) electrons. The smallest absolute Gasteiger partial charge is 0.407 e. The lowest BCUT2D eigenvalue weighted by Gasteiger charge is -2.33. The summed E-state index contributed by atoms with van der Waals surface area (Å²) in [5.74, 6) is -1.19. The van der Waals surface area contributed by atoms with Crippen LogP contribution in [0.4, 0.5) is 4.79 Å². The van der Waals surface area contributed by atoms with Crippen LogP contribution in [0.5, 0.6) is 0 Å². The molecule has 6 nitrogen and oxygen atoms in total. The van der Waals surface area contributed by atoms with Crippen molar-refractivity contribution in [3.05, 3.63) is 0 Å². The molecule has 0 heterocycles. The molecule has 112 valence electrons. The van der Waals surface area contributed by atoms with Crippen molar-refractivity contribution in [2.45, 2.75) is 40.2 Å². The maximum absolute atomic E-state index is 11.6. The van der Waals surface area contributed by atoms with Crippen LogP contribution in [0.25, 0.3) is 0 Å². The molecular formula is C13H25NO5. The zero-order valence-corrected chi connectivity index (χ0v) is 12.6. The molecule has 2 N–H and O–H groups in total. The number of amides is 1. The Balaban J connectivity index is 4.76. The number of nitrogens with one attached hydrogen (secondary N) is 1. The zero-order chi connectivity index (χ0) is 15.3. The summed E-state index contributed by atoms with van der Waals surface area (Å²) in [6.07, 6.45) is -0.630. The van der Waals surface area contributed by atoms with Crippen LogP contribution in [0.3, 0.4) is 0 Å². The third-order valence-electron chi connectivity index (χ3n) is 2.88. The van der Waals surface area contributed by atoms with Crippen molar-refractivity contribution in [1.82, 2.24) is 5.32 Å². The largest absolute Gasteiger partial charge is 0.481 e. The van der Waals surface area contributed by atoms with Gasteiger partial charge in [0.25, 0.3) is 0 Å². The van der Waals surface area contributed by atoms with Crippen LogP contribution in [-0.2, 0) is 14.3 Å². The third kappa shape index (κ3) is 5.46. The van der Waals surface area contributed by atoms with E-state index in [-0.39, 0.29) is 19.1 Å². The van der Waals surface area contributed by atoms with Gasteiger partial charge in [-0.25, -0.2) is 4.79 Å². The van der Waals surface area contributed by atoms with E-state index in [0.717, 1.165) is 0 Å². The molecule has 1 amide bonds. The van der Waals surface area contributed by atoms with Crippen molar-refractivity contribution in [2.24, 2.45) is 11.3 Å². The fraction of sp³-hybridized carbons (Fsp3) is 0.846. The van der Waals surface area contributed by atoms with Crippen LogP contribution in [0.1, 0.15) is 34.6 Å². The van der Waals surface area contributed by atoms with Gasteiger partial charge in [-0.05, 0) is 26.7 Å². The predicted molar refractivity (Wildman–Crippen MR) is 71.0 cm³/mol. The highest BCUT2D eigenvalue weighted by molar-refractivity contribution is 5.77. The van der Waals surface area contributed by atoms with Crippen molar-refractivity contribution in [1.29, 1.82) is 0 Å². The molecule has 0 saturated carbocycles. The van der Waals surface area contributed by atoms with Gasteiger partial charge in [0.2, 0.25) is 0 Å². The number of carbonyl (C=O) groups is 2. The number of carbonyl (C=O) groups excluding carboxylic acids is 1. The molecule has 0 aromatic carbocycles. The van der Waals surface area contributed by atoms with Crippen molar-refractivity contribution < 1.29 is 24.2 Å². The summed E-state index contributed by atoms with van der Waals surface area (Å²) in [7, 11) is 1.44. The minimum Gasteiger partial charge on any atom is -0.481 e. The molecule has 6 heteroatoms. The van der Waals surface area contributed by atoms with E-state index in [2.05, 4.69) is 5.32 Å². The van der Waals surface area contributed by atoms with E-state index in [0.29, 0.717) is 0 Å². The Hall–Kier alpha value is -1.30. The second-order valence-corrected chi connectivity index (χ2v) is 5.90. The standard InChI is InChI=1S/C13H25NO5/c1-9(2)13(8-18-6,10(15)16)7-14-11(17)19-12(3,4)5/h9H,7-8H2,1-6H3,(H,14,17)(H,15,16). The average molecular weight is 275 g/mol. The van der Waals surface area contributed by atoms with Gasteiger partial charge in [0.15, 0.2) is 0 Å². The third-order valence-corrected chi connectivity index (χ3v) is 2.88. The minimum atomic E-state index is -1.16. The number of hydrogen-bond acceptors (Lipinski definition) is 4. The number of rotatable bonds is 6. The van der Waals surface area contributed by atoms with Crippen LogP contribution in [0.15, 0.2) is 0 Å². The number of methoxy groups -OCH3 is 1. The lowest BCUT2D eigenvalue weighted by atomic mass is 9.77. The lowest BCUT2D eigenvalue weighted by molar-refractivity contribution is -0.155. The quantitative estimate of drug-likeness (QED) is 0.773. The summed E-state index contributed by atoms with van der Waals surface area (Å²) >= 11 is 0. The molecule has 0 aliphatic carbocycles. The van der Waals surface area contributed by atoms with Crippen LogP contribution >= 0.6 is 0 Å². The van der Waals surface area contributed by atoms with Gasteiger partial charge in [-0.3, -0.25) is 4.79 Å². The van der Waals surface area contributed by atoms with Crippen molar-refractivity contribution in [2.75, 3.05) is 20.3 Å². The van der Waals surface area contributed by atoms with E-state index in [1.54, 1.807) is 34.6 Å². The first-order valence-electron chi connectivity index (χ1n) is 6.24.